The van der Waals surface area contributed by atoms with Gasteiger partial charge in [-0.05, 0) is 24.5 Å². The van der Waals surface area contributed by atoms with Crippen LogP contribution in [-0.2, 0) is 13.6 Å². The van der Waals surface area contributed by atoms with E-state index in [-0.39, 0.29) is 0 Å². The number of nitrogens with one attached hydrogen (secondary N) is 2. The van der Waals surface area contributed by atoms with Gasteiger partial charge in [-0.2, -0.15) is 0 Å². The topological polar surface area (TPSA) is 41.4 Å². The third kappa shape index (κ3) is 5.81. The average molecular weight is 264 g/mol. The molecule has 1 aromatic rings. The maximum atomic E-state index is 4.62. The number of rotatable bonds is 7. The lowest BCUT2D eigenvalue weighted by molar-refractivity contribution is 0.481. The highest BCUT2D eigenvalue weighted by Crippen LogP contribution is 2.05. The molecule has 0 aliphatic rings. The Hall–Kier alpha value is -1.45. The number of nitrogens with zero attached hydrogens (tertiary/aromatic N) is 2. The fourth-order valence-corrected chi connectivity index (χ4v) is 1.98. The van der Waals surface area contributed by atoms with Crippen LogP contribution in [-0.4, -0.2) is 23.6 Å². The minimum atomic E-state index is 0.721. The molecule has 0 fully saturated rings. The van der Waals surface area contributed by atoms with Gasteiger partial charge >= 0.3 is 0 Å². The van der Waals surface area contributed by atoms with Crippen molar-refractivity contribution in [3.05, 3.63) is 24.0 Å². The molecule has 0 spiro atoms. The second kappa shape index (κ2) is 8.62. The van der Waals surface area contributed by atoms with Crippen LogP contribution in [0.25, 0.3) is 0 Å². The molecule has 1 rings (SSSR count). The van der Waals surface area contributed by atoms with Gasteiger partial charge in [0.2, 0.25) is 0 Å². The van der Waals surface area contributed by atoms with Crippen LogP contribution in [0.4, 0.5) is 0 Å². The normalized spacial score (nSPS) is 11.9. The smallest absolute Gasteiger partial charge is 0.191 e. The minimum Gasteiger partial charge on any atom is -0.357 e. The van der Waals surface area contributed by atoms with Gasteiger partial charge in [0.05, 0.1) is 6.54 Å². The van der Waals surface area contributed by atoms with Crippen molar-refractivity contribution in [2.24, 2.45) is 18.0 Å². The Labute approximate surface area is 117 Å². The SMILES string of the molecule is CCNC(=NCc1ccn(C)c1)NCC(CC)CC. The highest BCUT2D eigenvalue weighted by molar-refractivity contribution is 5.79. The maximum Gasteiger partial charge on any atom is 0.191 e. The number of hydrogen-bond acceptors (Lipinski definition) is 1. The molecule has 0 unspecified atom stereocenters. The first-order chi connectivity index (χ1) is 9.19. The fourth-order valence-electron chi connectivity index (χ4n) is 1.98. The predicted molar refractivity (Wildman–Crippen MR) is 82.3 cm³/mol. The molecule has 0 aliphatic carbocycles. The van der Waals surface area contributed by atoms with Crippen molar-refractivity contribution >= 4 is 5.96 Å². The van der Waals surface area contributed by atoms with E-state index in [0.29, 0.717) is 0 Å². The summed E-state index contributed by atoms with van der Waals surface area (Å²) in [6.45, 7) is 9.18. The van der Waals surface area contributed by atoms with Gasteiger partial charge in [-0.25, -0.2) is 4.99 Å². The molecule has 2 N–H and O–H groups in total. The number of guanidine groups is 1. The van der Waals surface area contributed by atoms with Crippen LogP contribution in [0.2, 0.25) is 0 Å². The second-order valence-corrected chi connectivity index (χ2v) is 4.94. The Bertz CT molecular complexity index is 377. The van der Waals surface area contributed by atoms with Gasteiger partial charge in [0, 0.05) is 32.5 Å². The number of aliphatic imine (C=N–C) groups is 1. The number of aromatic nitrogens is 1. The maximum absolute atomic E-state index is 4.62. The minimum absolute atomic E-state index is 0.721. The third-order valence-corrected chi connectivity index (χ3v) is 3.37. The quantitative estimate of drug-likeness (QED) is 0.587. The molecule has 4 nitrogen and oxygen atoms in total. The molecule has 0 saturated carbocycles. The number of hydrogen-bond donors (Lipinski definition) is 2. The van der Waals surface area contributed by atoms with Crippen LogP contribution in [0.5, 0.6) is 0 Å². The van der Waals surface area contributed by atoms with Crippen molar-refractivity contribution < 1.29 is 0 Å². The number of aryl methyl sites for hydroxylation is 1. The van der Waals surface area contributed by atoms with E-state index in [1.165, 1.54) is 18.4 Å². The Morgan fingerprint density at radius 1 is 1.26 bits per heavy atom. The van der Waals surface area contributed by atoms with Crippen LogP contribution < -0.4 is 10.6 Å². The molecule has 4 heteroatoms. The van der Waals surface area contributed by atoms with E-state index in [9.17, 15) is 0 Å². The third-order valence-electron chi connectivity index (χ3n) is 3.37. The van der Waals surface area contributed by atoms with Gasteiger partial charge in [0.1, 0.15) is 0 Å². The van der Waals surface area contributed by atoms with Crippen molar-refractivity contribution in [3.63, 3.8) is 0 Å². The van der Waals surface area contributed by atoms with Crippen molar-refractivity contribution in [1.29, 1.82) is 0 Å². The molecule has 0 bridgehead atoms. The fraction of sp³-hybridized carbons (Fsp3) is 0.667. The van der Waals surface area contributed by atoms with Crippen molar-refractivity contribution in [1.82, 2.24) is 15.2 Å². The lowest BCUT2D eigenvalue weighted by Gasteiger charge is -2.16. The average Bonchev–Trinajstić information content (AvgIpc) is 2.82. The summed E-state index contributed by atoms with van der Waals surface area (Å²) in [5, 5.41) is 6.73. The van der Waals surface area contributed by atoms with E-state index in [0.717, 1.165) is 31.5 Å². The van der Waals surface area contributed by atoms with E-state index < -0.39 is 0 Å². The molecule has 0 aromatic carbocycles. The van der Waals surface area contributed by atoms with Gasteiger partial charge in [0.25, 0.3) is 0 Å². The first kappa shape index (κ1) is 15.6. The Balaban J connectivity index is 2.50. The van der Waals surface area contributed by atoms with Crippen molar-refractivity contribution in [2.75, 3.05) is 13.1 Å². The monoisotopic (exact) mass is 264 g/mol. The predicted octanol–water partition coefficient (Wildman–Crippen LogP) is 2.52. The lowest BCUT2D eigenvalue weighted by Crippen LogP contribution is -2.39. The molecule has 0 amide bonds. The Morgan fingerprint density at radius 2 is 2.00 bits per heavy atom. The summed E-state index contributed by atoms with van der Waals surface area (Å²) >= 11 is 0. The van der Waals surface area contributed by atoms with Crippen LogP contribution in [0.3, 0.4) is 0 Å². The standard InChI is InChI=1S/C15H28N4/c1-5-13(6-2)10-17-15(16-7-3)18-11-14-8-9-19(4)12-14/h8-9,12-13H,5-7,10-11H2,1-4H3,(H2,16,17,18). The summed E-state index contributed by atoms with van der Waals surface area (Å²) in [5.74, 6) is 1.64. The molecular weight excluding hydrogens is 236 g/mol. The summed E-state index contributed by atoms with van der Waals surface area (Å²) in [5.41, 5.74) is 1.24. The summed E-state index contributed by atoms with van der Waals surface area (Å²) < 4.78 is 2.05. The summed E-state index contributed by atoms with van der Waals surface area (Å²) in [6.07, 6.45) is 6.58. The van der Waals surface area contributed by atoms with Gasteiger partial charge < -0.3 is 15.2 Å². The molecule has 19 heavy (non-hydrogen) atoms. The summed E-state index contributed by atoms with van der Waals surface area (Å²) in [6, 6.07) is 2.11. The van der Waals surface area contributed by atoms with Crippen LogP contribution >= 0.6 is 0 Å². The highest BCUT2D eigenvalue weighted by Gasteiger charge is 2.04. The van der Waals surface area contributed by atoms with Gasteiger partial charge in [0.15, 0.2) is 5.96 Å². The Kier molecular flexibility index (Phi) is 7.08. The molecule has 108 valence electrons. The zero-order valence-corrected chi connectivity index (χ0v) is 12.7. The van der Waals surface area contributed by atoms with Crippen LogP contribution in [0.15, 0.2) is 23.5 Å². The van der Waals surface area contributed by atoms with E-state index in [1.54, 1.807) is 0 Å². The second-order valence-electron chi connectivity index (χ2n) is 4.94. The molecule has 1 aromatic heterocycles. The molecule has 0 radical (unpaired) electrons. The lowest BCUT2D eigenvalue weighted by atomic mass is 10.0. The van der Waals surface area contributed by atoms with Crippen LogP contribution in [0, 0.1) is 5.92 Å². The molecule has 0 atom stereocenters. The van der Waals surface area contributed by atoms with Gasteiger partial charge in [-0.1, -0.05) is 26.7 Å². The van der Waals surface area contributed by atoms with Crippen LogP contribution in [0.1, 0.15) is 39.2 Å². The first-order valence-electron chi connectivity index (χ1n) is 7.32. The van der Waals surface area contributed by atoms with Crippen molar-refractivity contribution in [2.45, 2.75) is 40.2 Å². The van der Waals surface area contributed by atoms with E-state index in [2.05, 4.69) is 59.4 Å². The summed E-state index contributed by atoms with van der Waals surface area (Å²) in [7, 11) is 2.03. The van der Waals surface area contributed by atoms with Crippen molar-refractivity contribution in [3.8, 4) is 0 Å². The molecular formula is C15H28N4. The van der Waals surface area contributed by atoms with Gasteiger partial charge in [-0.15, -0.1) is 0 Å². The first-order valence-corrected chi connectivity index (χ1v) is 7.32. The van der Waals surface area contributed by atoms with E-state index in [4.69, 9.17) is 0 Å². The van der Waals surface area contributed by atoms with Gasteiger partial charge in [-0.3, -0.25) is 0 Å². The molecule has 0 saturated heterocycles. The summed E-state index contributed by atoms with van der Waals surface area (Å²) in [4.78, 5) is 4.62. The van der Waals surface area contributed by atoms with E-state index in [1.807, 2.05) is 7.05 Å². The van der Waals surface area contributed by atoms with E-state index >= 15 is 0 Å². The zero-order chi connectivity index (χ0) is 14.1. The zero-order valence-electron chi connectivity index (χ0n) is 12.7. The highest BCUT2D eigenvalue weighted by atomic mass is 15.2. The Morgan fingerprint density at radius 3 is 2.53 bits per heavy atom. The molecule has 0 aliphatic heterocycles. The molecule has 1 heterocycles. The largest absolute Gasteiger partial charge is 0.357 e.